The minimum absolute atomic E-state index is 0.0986. The molecule has 1 aromatic carbocycles. The summed E-state index contributed by atoms with van der Waals surface area (Å²) in [5.74, 6) is 0.467. The largest absolute Gasteiger partial charge is 0.383 e. The van der Waals surface area contributed by atoms with Crippen LogP contribution in [0.3, 0.4) is 0 Å². The van der Waals surface area contributed by atoms with Crippen LogP contribution in [0, 0.1) is 0 Å². The lowest BCUT2D eigenvalue weighted by Gasteiger charge is -2.11. The number of hydrogen-bond acceptors (Lipinski definition) is 5. The van der Waals surface area contributed by atoms with Gasteiger partial charge in [-0.3, -0.25) is 4.79 Å². The Morgan fingerprint density at radius 3 is 2.35 bits per heavy atom. The maximum Gasteiger partial charge on any atom is 0.222 e. The molecule has 118 valence electrons. The van der Waals surface area contributed by atoms with Gasteiger partial charge in [-0.15, -0.1) is 0 Å². The van der Waals surface area contributed by atoms with E-state index in [1.54, 1.807) is 18.6 Å². The van der Waals surface area contributed by atoms with Gasteiger partial charge in [-0.05, 0) is 24.0 Å². The predicted molar refractivity (Wildman–Crippen MR) is 90.5 cm³/mol. The topological polar surface area (TPSA) is 58.1 Å². The van der Waals surface area contributed by atoms with Gasteiger partial charge in [0, 0.05) is 44.8 Å². The number of carbonyl (C=O) groups is 1. The van der Waals surface area contributed by atoms with E-state index < -0.39 is 0 Å². The van der Waals surface area contributed by atoms with E-state index in [2.05, 4.69) is 39.6 Å². The molecule has 3 rings (SSSR count). The second-order valence-corrected chi connectivity index (χ2v) is 5.96. The molecule has 0 spiro atoms. The van der Waals surface area contributed by atoms with Crippen LogP contribution in [-0.4, -0.2) is 40.8 Å². The van der Waals surface area contributed by atoms with Crippen molar-refractivity contribution in [2.75, 3.05) is 19.4 Å². The first kappa shape index (κ1) is 15.2. The van der Waals surface area contributed by atoms with Gasteiger partial charge in [-0.25, -0.2) is 9.97 Å². The molecule has 1 heterocycles. The van der Waals surface area contributed by atoms with Gasteiger partial charge < -0.3 is 10.2 Å². The lowest BCUT2D eigenvalue weighted by molar-refractivity contribution is 0.104. The van der Waals surface area contributed by atoms with Crippen molar-refractivity contribution >= 4 is 11.7 Å². The Bertz CT molecular complexity index is 697. The fourth-order valence-corrected chi connectivity index (χ4v) is 2.69. The second kappa shape index (κ2) is 6.60. The Labute approximate surface area is 136 Å². The zero-order valence-electron chi connectivity index (χ0n) is 13.4. The van der Waals surface area contributed by atoms with Crippen LogP contribution in [0.2, 0.25) is 0 Å². The molecule has 1 aliphatic rings. The average Bonchev–Trinajstić information content (AvgIpc) is 2.95. The van der Waals surface area contributed by atoms with Crippen LogP contribution in [0.4, 0.5) is 5.95 Å². The van der Waals surface area contributed by atoms with Crippen molar-refractivity contribution in [2.24, 2.45) is 0 Å². The third kappa shape index (κ3) is 3.74. The van der Waals surface area contributed by atoms with E-state index in [1.165, 1.54) is 17.2 Å². The third-order valence-corrected chi connectivity index (χ3v) is 3.84. The molecule has 0 unspecified atom stereocenters. The molecule has 0 amide bonds. The van der Waals surface area contributed by atoms with Crippen LogP contribution in [0.25, 0.3) is 0 Å². The summed E-state index contributed by atoms with van der Waals surface area (Å²) < 4.78 is 0. The van der Waals surface area contributed by atoms with Gasteiger partial charge in [-0.1, -0.05) is 24.3 Å². The number of allylic oxidation sites excluding steroid dienone is 1. The van der Waals surface area contributed by atoms with Gasteiger partial charge in [0.25, 0.3) is 0 Å². The molecule has 1 N–H and O–H groups in total. The van der Waals surface area contributed by atoms with Crippen molar-refractivity contribution in [2.45, 2.75) is 18.9 Å². The number of nitrogens with one attached hydrogen (secondary N) is 1. The summed E-state index contributed by atoms with van der Waals surface area (Å²) in [6, 6.07) is 8.77. The molecule has 2 aromatic rings. The molecular weight excluding hydrogens is 288 g/mol. The molecule has 0 bridgehead atoms. The smallest absolute Gasteiger partial charge is 0.222 e. The Morgan fingerprint density at radius 1 is 1.17 bits per heavy atom. The lowest BCUT2D eigenvalue weighted by Crippen LogP contribution is -2.21. The number of carbonyl (C=O) groups excluding carboxylic acids is 1. The zero-order valence-corrected chi connectivity index (χ0v) is 13.4. The number of aromatic nitrogens is 2. The Balaban J connectivity index is 1.62. The van der Waals surface area contributed by atoms with E-state index in [1.807, 2.05) is 19.0 Å². The van der Waals surface area contributed by atoms with Gasteiger partial charge in [0.2, 0.25) is 5.95 Å². The number of nitrogens with zero attached hydrogens (tertiary/aromatic N) is 3. The van der Waals surface area contributed by atoms with Crippen molar-refractivity contribution < 1.29 is 4.79 Å². The van der Waals surface area contributed by atoms with Gasteiger partial charge >= 0.3 is 0 Å². The Kier molecular flexibility index (Phi) is 4.37. The highest BCUT2D eigenvalue weighted by Crippen LogP contribution is 2.23. The van der Waals surface area contributed by atoms with Crippen LogP contribution < -0.4 is 5.32 Å². The van der Waals surface area contributed by atoms with Crippen LogP contribution in [0.15, 0.2) is 48.9 Å². The summed E-state index contributed by atoms with van der Waals surface area (Å²) in [5.41, 5.74) is 3.25. The minimum atomic E-state index is -0.0986. The first-order chi connectivity index (χ1) is 11.1. The van der Waals surface area contributed by atoms with Gasteiger partial charge in [0.05, 0.1) is 5.56 Å². The lowest BCUT2D eigenvalue weighted by atomic mass is 10.1. The Hall–Kier alpha value is -2.69. The summed E-state index contributed by atoms with van der Waals surface area (Å²) in [6.07, 6.45) is 8.32. The van der Waals surface area contributed by atoms with E-state index >= 15 is 0 Å². The standard InChI is InChI=1S/C18H20N4O/c1-22(2)8-7-17(23)15-11-19-18(20-12-15)21-16-9-13-5-3-4-6-14(13)10-16/h3-8,11-12,16H,9-10H2,1-2H3,(H,19,20,21). The van der Waals surface area contributed by atoms with Crippen LogP contribution >= 0.6 is 0 Å². The maximum atomic E-state index is 11.9. The number of rotatable bonds is 5. The fourth-order valence-electron chi connectivity index (χ4n) is 2.69. The first-order valence-corrected chi connectivity index (χ1v) is 7.66. The SMILES string of the molecule is CN(C)C=CC(=O)c1cnc(NC2Cc3ccccc3C2)nc1. The normalized spacial score (nSPS) is 14.0. The van der Waals surface area contributed by atoms with Crippen LogP contribution in [0.1, 0.15) is 21.5 Å². The number of hydrogen-bond donors (Lipinski definition) is 1. The molecule has 0 atom stereocenters. The van der Waals surface area contributed by atoms with E-state index in [0.29, 0.717) is 17.6 Å². The number of ketones is 1. The average molecular weight is 308 g/mol. The molecule has 23 heavy (non-hydrogen) atoms. The molecule has 0 saturated heterocycles. The van der Waals surface area contributed by atoms with Crippen molar-refractivity contribution in [3.8, 4) is 0 Å². The highest BCUT2D eigenvalue weighted by atomic mass is 16.1. The number of benzene rings is 1. The van der Waals surface area contributed by atoms with Crippen molar-refractivity contribution in [1.29, 1.82) is 0 Å². The van der Waals surface area contributed by atoms with Crippen LogP contribution in [0.5, 0.6) is 0 Å². The van der Waals surface area contributed by atoms with Gasteiger partial charge in [0.1, 0.15) is 0 Å². The molecule has 1 aliphatic carbocycles. The highest BCUT2D eigenvalue weighted by Gasteiger charge is 2.21. The van der Waals surface area contributed by atoms with Crippen molar-refractivity contribution in [3.05, 3.63) is 65.6 Å². The molecule has 5 heteroatoms. The molecule has 5 nitrogen and oxygen atoms in total. The van der Waals surface area contributed by atoms with Crippen molar-refractivity contribution in [1.82, 2.24) is 14.9 Å². The van der Waals surface area contributed by atoms with E-state index in [0.717, 1.165) is 12.8 Å². The van der Waals surface area contributed by atoms with E-state index in [-0.39, 0.29) is 5.78 Å². The maximum absolute atomic E-state index is 11.9. The molecule has 0 aliphatic heterocycles. The van der Waals surface area contributed by atoms with E-state index in [4.69, 9.17) is 0 Å². The predicted octanol–water partition coefficient (Wildman–Crippen LogP) is 2.31. The summed E-state index contributed by atoms with van der Waals surface area (Å²) >= 11 is 0. The fraction of sp³-hybridized carbons (Fsp3) is 0.278. The summed E-state index contributed by atoms with van der Waals surface area (Å²) in [7, 11) is 3.74. The molecule has 1 aromatic heterocycles. The molecule has 0 radical (unpaired) electrons. The first-order valence-electron chi connectivity index (χ1n) is 7.66. The highest BCUT2D eigenvalue weighted by molar-refractivity contribution is 6.04. The van der Waals surface area contributed by atoms with Gasteiger partial charge in [0.15, 0.2) is 5.78 Å². The quantitative estimate of drug-likeness (QED) is 0.678. The summed E-state index contributed by atoms with van der Waals surface area (Å²) in [5, 5.41) is 3.34. The minimum Gasteiger partial charge on any atom is -0.383 e. The van der Waals surface area contributed by atoms with E-state index in [9.17, 15) is 4.79 Å². The summed E-state index contributed by atoms with van der Waals surface area (Å²) in [4.78, 5) is 22.3. The Morgan fingerprint density at radius 2 is 1.78 bits per heavy atom. The van der Waals surface area contributed by atoms with Crippen LogP contribution in [-0.2, 0) is 12.8 Å². The summed E-state index contributed by atoms with van der Waals surface area (Å²) in [6.45, 7) is 0. The number of anilines is 1. The van der Waals surface area contributed by atoms with Crippen molar-refractivity contribution in [3.63, 3.8) is 0 Å². The second-order valence-electron chi connectivity index (χ2n) is 5.96. The molecule has 0 fully saturated rings. The van der Waals surface area contributed by atoms with Gasteiger partial charge in [-0.2, -0.15) is 0 Å². The molecular formula is C18H20N4O. The zero-order chi connectivity index (χ0) is 16.2. The monoisotopic (exact) mass is 308 g/mol. The molecule has 0 saturated carbocycles. The third-order valence-electron chi connectivity index (χ3n) is 3.84. The number of fused-ring (bicyclic) bond motifs is 1.